The van der Waals surface area contributed by atoms with Crippen LogP contribution in [0.25, 0.3) is 0 Å². The Morgan fingerprint density at radius 2 is 1.74 bits per heavy atom. The summed E-state index contributed by atoms with van der Waals surface area (Å²) in [5.41, 5.74) is -0.509. The van der Waals surface area contributed by atoms with Crippen molar-refractivity contribution in [3.8, 4) is 0 Å². The van der Waals surface area contributed by atoms with E-state index in [-0.39, 0.29) is 48.4 Å². The lowest BCUT2D eigenvalue weighted by Gasteiger charge is -2.40. The van der Waals surface area contributed by atoms with Gasteiger partial charge in [-0.05, 0) is 48.5 Å². The van der Waals surface area contributed by atoms with Crippen molar-refractivity contribution in [1.82, 2.24) is 15.5 Å². The molecule has 160 valence electrons. The van der Waals surface area contributed by atoms with Gasteiger partial charge in [0.25, 0.3) is 0 Å². The first-order chi connectivity index (χ1) is 11.7. The molecular formula is C17H35IN4O4S. The third-order valence-electron chi connectivity index (χ3n) is 3.78. The van der Waals surface area contributed by atoms with Gasteiger partial charge in [-0.15, -0.1) is 24.0 Å². The van der Waals surface area contributed by atoms with E-state index in [0.29, 0.717) is 25.6 Å². The molecule has 10 heteroatoms. The van der Waals surface area contributed by atoms with E-state index in [4.69, 9.17) is 4.74 Å². The van der Waals surface area contributed by atoms with E-state index in [2.05, 4.69) is 15.6 Å². The topological polar surface area (TPSA) is 100 Å². The van der Waals surface area contributed by atoms with Crippen LogP contribution in [0.1, 0.15) is 48.5 Å². The van der Waals surface area contributed by atoms with Crippen LogP contribution in [0, 0.1) is 0 Å². The van der Waals surface area contributed by atoms with Crippen molar-refractivity contribution in [2.24, 2.45) is 4.99 Å². The molecule has 8 nitrogen and oxygen atoms in total. The van der Waals surface area contributed by atoms with Crippen LogP contribution in [-0.2, 0) is 14.6 Å². The second kappa shape index (κ2) is 10.1. The van der Waals surface area contributed by atoms with Crippen molar-refractivity contribution in [1.29, 1.82) is 0 Å². The summed E-state index contributed by atoms with van der Waals surface area (Å²) in [7, 11) is -3.20. The van der Waals surface area contributed by atoms with Crippen LogP contribution in [0.4, 0.5) is 4.79 Å². The fourth-order valence-electron chi connectivity index (χ4n) is 2.14. The number of rotatable bonds is 5. The first-order valence-corrected chi connectivity index (χ1v) is 10.7. The highest BCUT2D eigenvalue weighted by Gasteiger charge is 2.34. The molecule has 0 bridgehead atoms. The molecule has 27 heavy (non-hydrogen) atoms. The molecule has 1 saturated heterocycles. The first kappa shape index (κ1) is 26.2. The van der Waals surface area contributed by atoms with Crippen LogP contribution in [0.2, 0.25) is 0 Å². The summed E-state index contributed by atoms with van der Waals surface area (Å²) >= 11 is 0. The number of amides is 1. The summed E-state index contributed by atoms with van der Waals surface area (Å²) in [6.45, 7) is 14.4. The van der Waals surface area contributed by atoms with Gasteiger partial charge in [-0.25, -0.2) is 13.2 Å². The second-order valence-electron chi connectivity index (χ2n) is 8.42. The second-order valence-corrected chi connectivity index (χ2v) is 11.3. The Kier molecular flexibility index (Phi) is 9.84. The number of nitrogens with one attached hydrogen (secondary N) is 2. The quantitative estimate of drug-likeness (QED) is 0.328. The molecule has 1 amide bonds. The normalized spacial score (nSPS) is 16.3. The van der Waals surface area contributed by atoms with Crippen molar-refractivity contribution in [2.75, 3.05) is 31.9 Å². The number of hydrogen-bond acceptors (Lipinski definition) is 5. The van der Waals surface area contributed by atoms with Crippen molar-refractivity contribution in [3.63, 3.8) is 0 Å². The summed E-state index contributed by atoms with van der Waals surface area (Å²) in [6.07, 6.45) is -0.325. The lowest BCUT2D eigenvalue weighted by atomic mass is 10.1. The van der Waals surface area contributed by atoms with E-state index >= 15 is 0 Å². The summed E-state index contributed by atoms with van der Waals surface area (Å²) < 4.78 is 28.8. The largest absolute Gasteiger partial charge is 0.444 e. The van der Waals surface area contributed by atoms with Gasteiger partial charge in [0.05, 0.1) is 23.1 Å². The summed E-state index contributed by atoms with van der Waals surface area (Å²) in [4.78, 5) is 17.9. The predicted molar refractivity (Wildman–Crippen MR) is 120 cm³/mol. The van der Waals surface area contributed by atoms with Crippen molar-refractivity contribution in [2.45, 2.75) is 64.9 Å². The third-order valence-corrected chi connectivity index (χ3v) is 6.37. The molecule has 0 saturated carbocycles. The maximum Gasteiger partial charge on any atom is 0.410 e. The van der Waals surface area contributed by atoms with Crippen molar-refractivity contribution in [3.05, 3.63) is 0 Å². The van der Waals surface area contributed by atoms with Crippen molar-refractivity contribution >= 4 is 45.9 Å². The summed E-state index contributed by atoms with van der Waals surface area (Å²) in [5, 5.41) is 6.32. The summed E-state index contributed by atoms with van der Waals surface area (Å²) in [6, 6.07) is 0.0690. The molecule has 0 unspecified atom stereocenters. The number of carbonyl (C=O) groups is 1. The number of ether oxygens (including phenoxy) is 1. The zero-order valence-corrected chi connectivity index (χ0v) is 20.6. The molecule has 0 atom stereocenters. The number of nitrogens with zero attached hydrogens (tertiary/aromatic N) is 2. The van der Waals surface area contributed by atoms with E-state index < -0.39 is 20.2 Å². The fourth-order valence-corrected chi connectivity index (χ4v) is 3.09. The summed E-state index contributed by atoms with van der Waals surface area (Å²) in [5.74, 6) is 0.562. The number of aliphatic imine (C=N–C) groups is 1. The molecule has 1 aliphatic heterocycles. The average molecular weight is 518 g/mol. The molecule has 1 heterocycles. The Labute approximate surface area is 180 Å². The maximum absolute atomic E-state index is 12.1. The average Bonchev–Trinajstić information content (AvgIpc) is 2.38. The standard InChI is InChI=1S/C17H34N4O4S.HI/c1-8-18-14(19-9-10-26(23,24)17(5,6)7)20-13-11-21(12-13)15(22)25-16(2,3)4;/h13H,8-12H2,1-7H3,(H2,18,19,20);1H. The highest BCUT2D eigenvalue weighted by molar-refractivity contribution is 14.0. The molecule has 1 fully saturated rings. The van der Waals surface area contributed by atoms with Gasteiger partial charge in [0.1, 0.15) is 5.60 Å². The van der Waals surface area contributed by atoms with E-state index in [9.17, 15) is 13.2 Å². The Bertz CT molecular complexity index is 618. The smallest absolute Gasteiger partial charge is 0.410 e. The Hall–Kier alpha value is -0.780. The SMILES string of the molecule is CCNC(=NCCS(=O)(=O)C(C)(C)C)NC1CN(C(=O)OC(C)(C)C)C1.I. The molecule has 1 aliphatic rings. The van der Waals surface area contributed by atoms with Crippen LogP contribution in [0.5, 0.6) is 0 Å². The number of halogens is 1. The molecule has 0 aromatic rings. The van der Waals surface area contributed by atoms with Gasteiger partial charge < -0.3 is 20.3 Å². The zero-order valence-electron chi connectivity index (χ0n) is 17.5. The Balaban J connectivity index is 0.00000676. The Morgan fingerprint density at radius 3 is 2.19 bits per heavy atom. The minimum absolute atomic E-state index is 0. The minimum Gasteiger partial charge on any atom is -0.444 e. The monoisotopic (exact) mass is 518 g/mol. The lowest BCUT2D eigenvalue weighted by molar-refractivity contribution is 0.00700. The lowest BCUT2D eigenvalue weighted by Crippen LogP contribution is -2.63. The van der Waals surface area contributed by atoms with E-state index in [0.717, 1.165) is 0 Å². The van der Waals surface area contributed by atoms with Gasteiger partial charge in [-0.2, -0.15) is 0 Å². The van der Waals surface area contributed by atoms with Crippen molar-refractivity contribution < 1.29 is 17.9 Å². The van der Waals surface area contributed by atoms with Gasteiger partial charge in [0.15, 0.2) is 15.8 Å². The molecule has 0 aromatic carbocycles. The van der Waals surface area contributed by atoms with E-state index in [1.54, 1.807) is 25.7 Å². The number of carbonyl (C=O) groups excluding carboxylic acids is 1. The van der Waals surface area contributed by atoms with Gasteiger partial charge in [0, 0.05) is 19.6 Å². The Morgan fingerprint density at radius 1 is 1.19 bits per heavy atom. The minimum atomic E-state index is -3.20. The molecular weight excluding hydrogens is 483 g/mol. The number of guanidine groups is 1. The highest BCUT2D eigenvalue weighted by atomic mass is 127. The van der Waals surface area contributed by atoms with Gasteiger partial charge >= 0.3 is 6.09 Å². The number of likely N-dealkylation sites (tertiary alicyclic amines) is 1. The fraction of sp³-hybridized carbons (Fsp3) is 0.882. The predicted octanol–water partition coefficient (Wildman–Crippen LogP) is 1.99. The highest BCUT2D eigenvalue weighted by Crippen LogP contribution is 2.16. The number of sulfone groups is 1. The molecule has 2 N–H and O–H groups in total. The van der Waals surface area contributed by atoms with Gasteiger partial charge in [-0.1, -0.05) is 0 Å². The third kappa shape index (κ3) is 8.84. The maximum atomic E-state index is 12.1. The van der Waals surface area contributed by atoms with E-state index in [1.165, 1.54) is 0 Å². The van der Waals surface area contributed by atoms with Crippen LogP contribution in [0.3, 0.4) is 0 Å². The van der Waals surface area contributed by atoms with Gasteiger partial charge in [0.2, 0.25) is 0 Å². The zero-order chi connectivity index (χ0) is 20.2. The van der Waals surface area contributed by atoms with Crippen LogP contribution >= 0.6 is 24.0 Å². The number of hydrogen-bond donors (Lipinski definition) is 2. The molecule has 1 rings (SSSR count). The van der Waals surface area contributed by atoms with E-state index in [1.807, 2.05) is 27.7 Å². The molecule has 0 radical (unpaired) electrons. The van der Waals surface area contributed by atoms with Crippen LogP contribution in [0.15, 0.2) is 4.99 Å². The van der Waals surface area contributed by atoms with Crippen LogP contribution in [-0.4, -0.2) is 73.7 Å². The molecule has 0 spiro atoms. The van der Waals surface area contributed by atoms with Gasteiger partial charge in [-0.3, -0.25) is 4.99 Å². The molecule has 0 aliphatic carbocycles. The van der Waals surface area contributed by atoms with Crippen LogP contribution < -0.4 is 10.6 Å². The first-order valence-electron chi connectivity index (χ1n) is 9.00. The molecule has 0 aromatic heterocycles.